The molecular formula is C52H38B2F6O2. The third kappa shape index (κ3) is 4.92. The number of benzene rings is 8. The standard InChI is InChI=1S/C52H38B2F6O2/c1-23-9-11-35-39(14-23)61-41-15-24(2)13-29-27-19-33(49(3,4)5)31-22-38-44-28(20-34(50(6,7)8)32-21-37(53(35)47(29)41)43(27)45(31)46(32)44)30-16-26(52(58,59)60)18-42-48(30)54(38)36-12-10-25(51(55,56)57)17-40(36)62-42/h9-22H,1-8H3. The topological polar surface area (TPSA) is 18.5 Å². The third-order valence-electron chi connectivity index (χ3n) is 13.9. The van der Waals surface area contributed by atoms with Crippen molar-refractivity contribution in [3.05, 3.63) is 118 Å². The lowest BCUT2D eigenvalue weighted by Gasteiger charge is -2.39. The number of hydrogen-bond donors (Lipinski definition) is 0. The molecule has 0 amide bonds. The molecule has 306 valence electrons. The quantitative estimate of drug-likeness (QED) is 0.0861. The lowest BCUT2D eigenvalue weighted by molar-refractivity contribution is -0.138. The van der Waals surface area contributed by atoms with Crippen LogP contribution < -0.4 is 42.3 Å². The van der Waals surface area contributed by atoms with E-state index in [0.29, 0.717) is 22.1 Å². The van der Waals surface area contributed by atoms with Crippen LogP contribution in [0.15, 0.2) is 84.9 Å². The molecule has 4 aliphatic heterocycles. The molecule has 0 atom stereocenters. The first-order chi connectivity index (χ1) is 29.1. The highest BCUT2D eigenvalue weighted by Gasteiger charge is 2.47. The van der Waals surface area contributed by atoms with Crippen molar-refractivity contribution in [3.63, 3.8) is 0 Å². The fourth-order valence-electron chi connectivity index (χ4n) is 11.4. The molecule has 4 heterocycles. The van der Waals surface area contributed by atoms with Crippen LogP contribution in [0.4, 0.5) is 26.3 Å². The highest BCUT2D eigenvalue weighted by molar-refractivity contribution is 7.01. The number of alkyl halides is 6. The second-order valence-electron chi connectivity index (χ2n) is 20.0. The van der Waals surface area contributed by atoms with Crippen molar-refractivity contribution in [2.24, 2.45) is 0 Å². The number of hydrogen-bond acceptors (Lipinski definition) is 2. The van der Waals surface area contributed by atoms with Crippen molar-refractivity contribution >= 4 is 78.5 Å². The number of ether oxygens (including phenoxy) is 2. The third-order valence-corrected chi connectivity index (χ3v) is 13.9. The van der Waals surface area contributed by atoms with Crippen LogP contribution in [0.25, 0.3) is 54.6 Å². The van der Waals surface area contributed by atoms with Gasteiger partial charge in [-0.3, -0.25) is 0 Å². The van der Waals surface area contributed by atoms with E-state index in [4.69, 9.17) is 9.47 Å². The van der Waals surface area contributed by atoms with Crippen LogP contribution in [-0.4, -0.2) is 13.4 Å². The summed E-state index contributed by atoms with van der Waals surface area (Å²) in [5.41, 5.74) is 9.96. The van der Waals surface area contributed by atoms with Crippen LogP contribution >= 0.6 is 0 Å². The Labute approximate surface area is 355 Å². The minimum atomic E-state index is -4.75. The van der Waals surface area contributed by atoms with E-state index < -0.39 is 35.6 Å². The van der Waals surface area contributed by atoms with Gasteiger partial charge in [0.1, 0.15) is 23.0 Å². The molecule has 12 rings (SSSR count). The van der Waals surface area contributed by atoms with E-state index in [-0.39, 0.29) is 23.6 Å². The molecule has 0 aromatic heterocycles. The van der Waals surface area contributed by atoms with Crippen LogP contribution in [0.2, 0.25) is 0 Å². The fraction of sp³-hybridized carbons (Fsp3) is 0.231. The highest BCUT2D eigenvalue weighted by Crippen LogP contribution is 2.52. The molecule has 0 radical (unpaired) electrons. The SMILES string of the molecule is Cc1ccc2c(c1)Oc1cc(C)cc3c1B2c1cc2c(C(C)(C)C)cc4c5c(cc6c(C(C)(C)C)cc-3c1c6c25)B1c2ccc(C(F)(F)F)cc2Oc2cc(C(F)(F)F)cc-4c21. The number of halogens is 6. The van der Waals surface area contributed by atoms with Crippen molar-refractivity contribution in [3.8, 4) is 45.3 Å². The summed E-state index contributed by atoms with van der Waals surface area (Å²) in [6.45, 7) is 16.3. The van der Waals surface area contributed by atoms with Gasteiger partial charge in [0.2, 0.25) is 0 Å². The summed E-state index contributed by atoms with van der Waals surface area (Å²) in [6.07, 6.45) is -9.44. The molecule has 62 heavy (non-hydrogen) atoms. The summed E-state index contributed by atoms with van der Waals surface area (Å²) in [5.74, 6) is 1.47. The van der Waals surface area contributed by atoms with Crippen LogP contribution in [0.1, 0.15) is 74.9 Å². The predicted molar refractivity (Wildman–Crippen MR) is 240 cm³/mol. The van der Waals surface area contributed by atoms with E-state index in [9.17, 15) is 26.3 Å². The molecule has 0 bridgehead atoms. The van der Waals surface area contributed by atoms with Crippen LogP contribution in [0.3, 0.4) is 0 Å². The summed E-state index contributed by atoms with van der Waals surface area (Å²) < 4.78 is 100. The Hall–Kier alpha value is -5.89. The van der Waals surface area contributed by atoms with E-state index >= 15 is 0 Å². The van der Waals surface area contributed by atoms with E-state index in [1.165, 1.54) is 12.1 Å². The summed E-state index contributed by atoms with van der Waals surface area (Å²) in [6, 6.07) is 25.3. The molecule has 0 saturated heterocycles. The predicted octanol–water partition coefficient (Wildman–Crippen LogP) is 11.0. The first kappa shape index (κ1) is 37.8. The zero-order valence-electron chi connectivity index (χ0n) is 35.3. The monoisotopic (exact) mass is 830 g/mol. The molecule has 8 aromatic carbocycles. The maximum absolute atomic E-state index is 14.9. The van der Waals surface area contributed by atoms with Crippen molar-refractivity contribution in [1.82, 2.24) is 0 Å². The zero-order valence-corrected chi connectivity index (χ0v) is 35.3. The molecule has 0 fully saturated rings. The Bertz CT molecular complexity index is 3380. The maximum atomic E-state index is 14.9. The molecule has 0 spiro atoms. The molecule has 0 unspecified atom stereocenters. The van der Waals surface area contributed by atoms with E-state index in [1.54, 1.807) is 0 Å². The van der Waals surface area contributed by atoms with Gasteiger partial charge >= 0.3 is 12.4 Å². The van der Waals surface area contributed by atoms with Gasteiger partial charge in [-0.05, 0) is 166 Å². The maximum Gasteiger partial charge on any atom is 0.416 e. The van der Waals surface area contributed by atoms with Gasteiger partial charge in [-0.1, -0.05) is 94.9 Å². The first-order valence-corrected chi connectivity index (χ1v) is 21.0. The first-order valence-electron chi connectivity index (χ1n) is 21.0. The Morgan fingerprint density at radius 2 is 0.855 bits per heavy atom. The Morgan fingerprint density at radius 1 is 0.403 bits per heavy atom. The van der Waals surface area contributed by atoms with Crippen LogP contribution in [-0.2, 0) is 23.2 Å². The molecule has 10 heteroatoms. The minimum absolute atomic E-state index is 0.0844. The highest BCUT2D eigenvalue weighted by atomic mass is 19.4. The van der Waals surface area contributed by atoms with Gasteiger partial charge in [-0.2, -0.15) is 26.3 Å². The smallest absolute Gasteiger partial charge is 0.416 e. The van der Waals surface area contributed by atoms with Crippen molar-refractivity contribution in [2.75, 3.05) is 0 Å². The van der Waals surface area contributed by atoms with Crippen LogP contribution in [0.5, 0.6) is 23.0 Å². The van der Waals surface area contributed by atoms with Crippen LogP contribution in [0, 0.1) is 13.8 Å². The van der Waals surface area contributed by atoms with Gasteiger partial charge in [-0.15, -0.1) is 0 Å². The van der Waals surface area contributed by atoms with Crippen molar-refractivity contribution in [2.45, 2.75) is 78.6 Å². The average molecular weight is 830 g/mol. The van der Waals surface area contributed by atoms with E-state index in [0.717, 1.165) is 117 Å². The lowest BCUT2D eigenvalue weighted by Crippen LogP contribution is -2.58. The second-order valence-corrected chi connectivity index (χ2v) is 20.0. The molecule has 2 nitrogen and oxygen atoms in total. The molecule has 0 N–H and O–H groups in total. The second kappa shape index (κ2) is 11.6. The van der Waals surface area contributed by atoms with Gasteiger partial charge in [0.25, 0.3) is 13.4 Å². The van der Waals surface area contributed by atoms with Crippen molar-refractivity contribution < 1.29 is 35.8 Å². The largest absolute Gasteiger partial charge is 0.458 e. The summed E-state index contributed by atoms with van der Waals surface area (Å²) in [4.78, 5) is 0. The van der Waals surface area contributed by atoms with Gasteiger partial charge in [0, 0.05) is 0 Å². The minimum Gasteiger partial charge on any atom is -0.458 e. The zero-order chi connectivity index (χ0) is 43.5. The summed E-state index contributed by atoms with van der Waals surface area (Å²) >= 11 is 0. The fourth-order valence-corrected chi connectivity index (χ4v) is 11.4. The molecule has 0 saturated carbocycles. The molecular weight excluding hydrogens is 792 g/mol. The lowest BCUT2D eigenvalue weighted by atomic mass is 9.31. The molecule has 4 aliphatic rings. The van der Waals surface area contributed by atoms with Gasteiger partial charge < -0.3 is 9.47 Å². The van der Waals surface area contributed by atoms with Gasteiger partial charge in [0.05, 0.1) is 11.1 Å². The van der Waals surface area contributed by atoms with Crippen molar-refractivity contribution in [1.29, 1.82) is 0 Å². The molecule has 0 aliphatic carbocycles. The number of fused-ring (bicyclic) bond motifs is 8. The van der Waals surface area contributed by atoms with E-state index in [2.05, 4.69) is 110 Å². The van der Waals surface area contributed by atoms with Gasteiger partial charge in [-0.25, -0.2) is 0 Å². The molecule has 8 aromatic rings. The number of rotatable bonds is 0. The Balaban J connectivity index is 1.32. The Kier molecular flexibility index (Phi) is 7.06. The summed E-state index contributed by atoms with van der Waals surface area (Å²) in [5, 5.41) is 5.96. The van der Waals surface area contributed by atoms with E-state index in [1.807, 2.05) is 0 Å². The van der Waals surface area contributed by atoms with Gasteiger partial charge in [0.15, 0.2) is 0 Å². The normalized spacial score (nSPS) is 14.8. The average Bonchev–Trinajstić information content (AvgIpc) is 3.17. The Morgan fingerprint density at radius 3 is 1.37 bits per heavy atom. The summed E-state index contributed by atoms with van der Waals surface area (Å²) in [7, 11) is 0. The number of aryl methyl sites for hydroxylation is 2.